The number of hydrogen-bond donors (Lipinski definition) is 1. The van der Waals surface area contributed by atoms with Crippen molar-refractivity contribution in [3.05, 3.63) is 141 Å². The number of hydrogen-bond acceptors (Lipinski definition) is 8. The van der Waals surface area contributed by atoms with E-state index in [4.69, 9.17) is 9.47 Å². The number of phenolic OH excluding ortho intramolecular Hbond substituents is 1. The highest BCUT2D eigenvalue weighted by molar-refractivity contribution is 6.09. The molecule has 0 aliphatic carbocycles. The lowest BCUT2D eigenvalue weighted by Crippen LogP contribution is -2.43. The molecule has 7 aromatic rings. The number of alkyl halides is 2. The minimum atomic E-state index is -2.92. The van der Waals surface area contributed by atoms with Crippen molar-refractivity contribution in [2.45, 2.75) is 51.9 Å². The fourth-order valence-electron chi connectivity index (χ4n) is 9.77. The lowest BCUT2D eigenvalue weighted by atomic mass is 9.89. The van der Waals surface area contributed by atoms with Crippen molar-refractivity contribution >= 4 is 33.6 Å². The summed E-state index contributed by atoms with van der Waals surface area (Å²) in [7, 11) is 1.79. The number of halogens is 3. The number of aromatic nitrogens is 4. The molecule has 2 amide bonds. The summed E-state index contributed by atoms with van der Waals surface area (Å²) in [4.78, 5) is 49.3. The topological polar surface area (TPSA) is 127 Å². The summed E-state index contributed by atoms with van der Waals surface area (Å²) in [5.74, 6) is -0.664. The molecule has 1 fully saturated rings. The second kappa shape index (κ2) is 17.5. The molecule has 16 heteroatoms. The number of ether oxygens (including phenoxy) is 2. The Morgan fingerprint density at radius 1 is 0.924 bits per heavy atom. The van der Waals surface area contributed by atoms with E-state index in [1.54, 1.807) is 36.2 Å². The van der Waals surface area contributed by atoms with E-state index in [1.165, 1.54) is 34.5 Å². The number of carbonyl (C=O) groups is 2. The lowest BCUT2D eigenvalue weighted by molar-refractivity contribution is -0.131. The van der Waals surface area contributed by atoms with Gasteiger partial charge in [0.25, 0.3) is 11.5 Å². The summed E-state index contributed by atoms with van der Waals surface area (Å²) in [5, 5.41) is 15.2. The molecule has 0 bridgehead atoms. The Balaban J connectivity index is 1.00. The monoisotopic (exact) mass is 899 g/mol. The molecular formula is C50H48F3N7O6. The van der Waals surface area contributed by atoms with Gasteiger partial charge >= 0.3 is 6.55 Å². The first-order valence-electron chi connectivity index (χ1n) is 22.1. The Hall–Kier alpha value is -6.91. The predicted octanol–water partition coefficient (Wildman–Crippen LogP) is 7.01. The number of aromatic hydroxyl groups is 1. The molecule has 13 nitrogen and oxygen atoms in total. The molecule has 66 heavy (non-hydrogen) atoms. The largest absolute Gasteiger partial charge is 0.508 e. The zero-order valence-electron chi connectivity index (χ0n) is 36.6. The molecule has 0 unspecified atom stereocenters. The minimum Gasteiger partial charge on any atom is -0.508 e. The van der Waals surface area contributed by atoms with Gasteiger partial charge in [-0.15, -0.1) is 0 Å². The highest BCUT2D eigenvalue weighted by Crippen LogP contribution is 2.38. The van der Waals surface area contributed by atoms with Crippen molar-refractivity contribution in [1.82, 2.24) is 33.6 Å². The van der Waals surface area contributed by atoms with Crippen LogP contribution >= 0.6 is 0 Å². The fourth-order valence-corrected chi connectivity index (χ4v) is 9.77. The average Bonchev–Trinajstić information content (AvgIpc) is 3.95. The first-order valence-corrected chi connectivity index (χ1v) is 22.1. The molecule has 1 saturated heterocycles. The quantitative estimate of drug-likeness (QED) is 0.156. The molecule has 3 aliphatic heterocycles. The zero-order valence-corrected chi connectivity index (χ0v) is 36.6. The number of nitrogens with zero attached hydrogens (tertiary/aromatic N) is 7. The Labute approximate surface area is 377 Å². The van der Waals surface area contributed by atoms with Crippen LogP contribution in [-0.4, -0.2) is 103 Å². The molecule has 10 rings (SSSR count). The molecule has 0 spiro atoms. The Morgan fingerprint density at radius 2 is 1.73 bits per heavy atom. The summed E-state index contributed by atoms with van der Waals surface area (Å²) >= 11 is 0. The smallest absolute Gasteiger partial charge is 0.333 e. The number of morpholine rings is 1. The average molecular weight is 900 g/mol. The number of benzene rings is 4. The van der Waals surface area contributed by atoms with E-state index in [-0.39, 0.29) is 53.2 Å². The number of amides is 2. The molecule has 0 radical (unpaired) electrons. The van der Waals surface area contributed by atoms with E-state index in [0.29, 0.717) is 96.0 Å². The number of fused-ring (bicyclic) bond motifs is 5. The van der Waals surface area contributed by atoms with Gasteiger partial charge in [-0.25, -0.2) is 9.07 Å². The van der Waals surface area contributed by atoms with Crippen molar-refractivity contribution in [2.75, 3.05) is 46.0 Å². The van der Waals surface area contributed by atoms with Gasteiger partial charge in [-0.2, -0.15) is 13.9 Å². The molecule has 0 saturated carbocycles. The first-order chi connectivity index (χ1) is 31.9. The molecule has 1 atom stereocenters. The van der Waals surface area contributed by atoms with E-state index >= 15 is 9.18 Å². The fraction of sp³-hybridized carbons (Fsp3) is 0.320. The van der Waals surface area contributed by atoms with Crippen LogP contribution in [0.3, 0.4) is 0 Å². The Morgan fingerprint density at radius 3 is 2.50 bits per heavy atom. The molecule has 6 heterocycles. The van der Waals surface area contributed by atoms with Crippen LogP contribution in [0.2, 0.25) is 0 Å². The third kappa shape index (κ3) is 7.97. The Bertz CT molecular complexity index is 3100. The van der Waals surface area contributed by atoms with Gasteiger partial charge in [0.05, 0.1) is 54.1 Å². The second-order valence-corrected chi connectivity index (χ2v) is 17.4. The number of carbonyl (C=O) groups excluding carboxylic acids is 2. The van der Waals surface area contributed by atoms with E-state index in [1.807, 2.05) is 46.7 Å². The highest BCUT2D eigenvalue weighted by atomic mass is 19.3. The number of aryl methyl sites for hydroxylation is 1. The maximum absolute atomic E-state index is 15.4. The van der Waals surface area contributed by atoms with E-state index in [0.717, 1.165) is 36.0 Å². The standard InChI is InChI=1S/C50H48F3N7O6/c1-30-19-31-5-3-4-6-34(31)28-58(30)48(63)40-21-35-27-57(46(62)22-33-7-9-38(24-43(33)51)66-18-15-56-13-16-65-17-14-56)12-11-32(35)20-39(40)45-25-42-47(55(45)2)41-23-37(61)8-10-44(41)60(49(42)64)36-26-54-59(29-36)50(52)53/h3-10,20-21,23-26,29-30,50,61H,11-19,22,27-28H2,1-2H3/t30-/m1/s1. The van der Waals surface area contributed by atoms with Gasteiger partial charge in [-0.05, 0) is 90.0 Å². The van der Waals surface area contributed by atoms with Gasteiger partial charge in [0, 0.05) is 80.6 Å². The molecule has 1 N–H and O–H groups in total. The normalized spacial score (nSPS) is 16.5. The maximum Gasteiger partial charge on any atom is 0.333 e. The highest BCUT2D eigenvalue weighted by Gasteiger charge is 2.32. The van der Waals surface area contributed by atoms with Crippen LogP contribution in [0.15, 0.2) is 96.1 Å². The van der Waals surface area contributed by atoms with Crippen LogP contribution in [-0.2, 0) is 48.9 Å². The molecule has 340 valence electrons. The van der Waals surface area contributed by atoms with Gasteiger partial charge in [-0.3, -0.25) is 23.9 Å². The second-order valence-electron chi connectivity index (χ2n) is 17.4. The van der Waals surface area contributed by atoms with E-state index in [9.17, 15) is 23.5 Å². The third-order valence-electron chi connectivity index (χ3n) is 13.3. The van der Waals surface area contributed by atoms with Gasteiger partial charge in [0.15, 0.2) is 0 Å². The summed E-state index contributed by atoms with van der Waals surface area (Å²) in [6, 6.07) is 22.5. The molecule has 4 aromatic carbocycles. The van der Waals surface area contributed by atoms with Crippen LogP contribution in [0, 0.1) is 5.82 Å². The summed E-state index contributed by atoms with van der Waals surface area (Å²) in [5.41, 5.74) is 6.14. The van der Waals surface area contributed by atoms with Gasteiger partial charge in [-0.1, -0.05) is 30.3 Å². The van der Waals surface area contributed by atoms with Gasteiger partial charge in [0.1, 0.15) is 23.9 Å². The summed E-state index contributed by atoms with van der Waals surface area (Å²) in [6.07, 6.45) is 3.25. The van der Waals surface area contributed by atoms with E-state index < -0.39 is 17.9 Å². The van der Waals surface area contributed by atoms with Crippen molar-refractivity contribution in [2.24, 2.45) is 7.05 Å². The first kappa shape index (κ1) is 43.0. The molecule has 3 aromatic heterocycles. The van der Waals surface area contributed by atoms with Crippen molar-refractivity contribution in [3.63, 3.8) is 0 Å². The maximum atomic E-state index is 15.4. The summed E-state index contributed by atoms with van der Waals surface area (Å²) in [6.45, 7) is 4.17. The minimum absolute atomic E-state index is 0.0629. The lowest BCUT2D eigenvalue weighted by Gasteiger charge is -2.36. The number of rotatable bonds is 10. The van der Waals surface area contributed by atoms with Crippen LogP contribution in [0.4, 0.5) is 13.2 Å². The SMILES string of the molecule is C[C@@H]1Cc2ccccc2CN1C(=O)c1cc2c(cc1-c1cc3c(=O)n(-c4cnn(C(F)F)c4)c4ccc(O)cc4c3n1C)CCN(C(=O)Cc1ccc(OCCN3CCOCC3)cc1F)C2. The Kier molecular flexibility index (Phi) is 11.4. The van der Waals surface area contributed by atoms with Crippen LogP contribution < -0.4 is 10.3 Å². The van der Waals surface area contributed by atoms with Crippen LogP contribution in [0.5, 0.6) is 11.5 Å². The molecule has 3 aliphatic rings. The van der Waals surface area contributed by atoms with Crippen molar-refractivity contribution in [1.29, 1.82) is 0 Å². The van der Waals surface area contributed by atoms with Crippen LogP contribution in [0.1, 0.15) is 51.6 Å². The van der Waals surface area contributed by atoms with Gasteiger partial charge in [0.2, 0.25) is 5.91 Å². The number of phenols is 1. The predicted molar refractivity (Wildman–Crippen MR) is 242 cm³/mol. The van der Waals surface area contributed by atoms with Crippen molar-refractivity contribution < 1.29 is 37.3 Å². The van der Waals surface area contributed by atoms with Gasteiger partial charge < -0.3 is 28.9 Å². The van der Waals surface area contributed by atoms with Crippen LogP contribution in [0.25, 0.3) is 38.8 Å². The number of pyridine rings is 1. The molecular weight excluding hydrogens is 852 g/mol. The summed E-state index contributed by atoms with van der Waals surface area (Å²) < 4.78 is 57.6. The zero-order chi connectivity index (χ0) is 45.8. The third-order valence-corrected chi connectivity index (χ3v) is 13.3. The van der Waals surface area contributed by atoms with Crippen molar-refractivity contribution in [3.8, 4) is 28.4 Å². The van der Waals surface area contributed by atoms with E-state index in [2.05, 4.69) is 16.1 Å².